The van der Waals surface area contributed by atoms with Crippen molar-refractivity contribution in [1.82, 2.24) is 0 Å². The van der Waals surface area contributed by atoms with Crippen LogP contribution in [0.1, 0.15) is 22.3 Å². The number of rotatable bonds is 1. The highest BCUT2D eigenvalue weighted by molar-refractivity contribution is 5.76. The van der Waals surface area contributed by atoms with E-state index in [1.54, 1.807) is 6.07 Å². The Morgan fingerprint density at radius 1 is 1.50 bits per heavy atom. The lowest BCUT2D eigenvalue weighted by Crippen LogP contribution is -1.91. The van der Waals surface area contributed by atoms with E-state index in [1.807, 2.05) is 6.07 Å². The normalized spacial score (nSPS) is 8.29. The maximum absolute atomic E-state index is 13.3. The molecule has 0 aromatic heterocycles. The summed E-state index contributed by atoms with van der Waals surface area (Å²) in [5.41, 5.74) is 0.124. The maximum Gasteiger partial charge on any atom is 0.153 e. The molecule has 1 rings (SSSR count). The molecule has 0 unspecified atom stereocenters. The number of aldehydes is 1. The number of carbonyl (C=O) groups excluding carboxylic acids is 1. The van der Waals surface area contributed by atoms with Crippen LogP contribution in [-0.4, -0.2) is 6.29 Å². The molecule has 0 aliphatic heterocycles. The van der Waals surface area contributed by atoms with Gasteiger partial charge in [-0.25, -0.2) is 4.39 Å². The minimum Gasteiger partial charge on any atom is -0.298 e. The van der Waals surface area contributed by atoms with Gasteiger partial charge in [0.1, 0.15) is 5.82 Å². The fourth-order valence-electron chi connectivity index (χ4n) is 0.916. The van der Waals surface area contributed by atoms with Gasteiger partial charge in [0.2, 0.25) is 0 Å². The van der Waals surface area contributed by atoms with E-state index in [0.29, 0.717) is 6.29 Å². The average molecular weight is 187 g/mol. The lowest BCUT2D eigenvalue weighted by atomic mass is 10.1. The van der Waals surface area contributed by atoms with E-state index in [4.69, 9.17) is 5.26 Å². The Morgan fingerprint density at radius 2 is 2.29 bits per heavy atom. The lowest BCUT2D eigenvalue weighted by Gasteiger charge is -1.95. The van der Waals surface area contributed by atoms with Crippen LogP contribution in [0.3, 0.4) is 0 Å². The highest BCUT2D eigenvalue weighted by atomic mass is 19.1. The zero-order chi connectivity index (χ0) is 10.4. The van der Waals surface area contributed by atoms with Gasteiger partial charge in [0.25, 0.3) is 0 Å². The van der Waals surface area contributed by atoms with E-state index < -0.39 is 5.82 Å². The fourth-order valence-corrected chi connectivity index (χ4v) is 0.916. The zero-order valence-electron chi connectivity index (χ0n) is 7.25. The fraction of sp³-hybridized carbons (Fsp3) is 0.0909. The number of hydrogen-bond donors (Lipinski definition) is 0. The third-order valence-electron chi connectivity index (χ3n) is 1.55. The van der Waals surface area contributed by atoms with Gasteiger partial charge in [-0.05, 0) is 12.1 Å². The second kappa shape index (κ2) is 4.79. The van der Waals surface area contributed by atoms with Crippen LogP contribution in [0.25, 0.3) is 0 Å². The summed E-state index contributed by atoms with van der Waals surface area (Å²) in [4.78, 5) is 10.4. The molecule has 68 valence electrons. The van der Waals surface area contributed by atoms with Crippen molar-refractivity contribution in [2.45, 2.75) is 6.42 Å². The van der Waals surface area contributed by atoms with Crippen LogP contribution >= 0.6 is 0 Å². The van der Waals surface area contributed by atoms with Gasteiger partial charge in [-0.1, -0.05) is 17.9 Å². The van der Waals surface area contributed by atoms with Crippen LogP contribution in [0.5, 0.6) is 0 Å². The predicted octanol–water partition coefficient (Wildman–Crippen LogP) is 1.90. The number of halogens is 1. The molecule has 0 atom stereocenters. The highest BCUT2D eigenvalue weighted by Gasteiger charge is 2.03. The Bertz CT molecular complexity index is 449. The smallest absolute Gasteiger partial charge is 0.153 e. The van der Waals surface area contributed by atoms with Crippen molar-refractivity contribution in [2.24, 2.45) is 0 Å². The van der Waals surface area contributed by atoms with Gasteiger partial charge >= 0.3 is 0 Å². The van der Waals surface area contributed by atoms with E-state index in [-0.39, 0.29) is 17.5 Å². The van der Waals surface area contributed by atoms with Gasteiger partial charge in [0, 0.05) is 0 Å². The van der Waals surface area contributed by atoms with Crippen LogP contribution < -0.4 is 0 Å². The zero-order valence-corrected chi connectivity index (χ0v) is 7.25. The first kappa shape index (κ1) is 9.95. The van der Waals surface area contributed by atoms with Crippen molar-refractivity contribution >= 4 is 6.29 Å². The first-order chi connectivity index (χ1) is 6.79. The highest BCUT2D eigenvalue weighted by Crippen LogP contribution is 2.09. The third-order valence-corrected chi connectivity index (χ3v) is 1.55. The molecule has 0 radical (unpaired) electrons. The molecular weight excluding hydrogens is 181 g/mol. The van der Waals surface area contributed by atoms with Gasteiger partial charge in [-0.3, -0.25) is 4.79 Å². The van der Waals surface area contributed by atoms with Gasteiger partial charge in [0.15, 0.2) is 6.29 Å². The molecule has 2 nitrogen and oxygen atoms in total. The molecule has 0 spiro atoms. The second-order valence-corrected chi connectivity index (χ2v) is 2.46. The summed E-state index contributed by atoms with van der Waals surface area (Å²) in [6.07, 6.45) is 0.482. The molecule has 0 saturated heterocycles. The first-order valence-electron chi connectivity index (χ1n) is 3.89. The number of benzene rings is 1. The van der Waals surface area contributed by atoms with E-state index in [0.717, 1.165) is 0 Å². The summed E-state index contributed by atoms with van der Waals surface area (Å²) in [6.45, 7) is 0. The Labute approximate surface area is 81.0 Å². The van der Waals surface area contributed by atoms with Gasteiger partial charge in [-0.2, -0.15) is 5.26 Å². The Kier molecular flexibility index (Phi) is 3.41. The maximum atomic E-state index is 13.3. The monoisotopic (exact) mass is 187 g/mol. The predicted molar refractivity (Wildman–Crippen MR) is 48.9 cm³/mol. The van der Waals surface area contributed by atoms with Crippen LogP contribution in [0.15, 0.2) is 18.2 Å². The topological polar surface area (TPSA) is 40.9 Å². The average Bonchev–Trinajstić information content (AvgIpc) is 2.21. The SMILES string of the molecule is N#CCC#Cc1cccc(C=O)c1F. The minimum absolute atomic E-state index is 0.0197. The van der Waals surface area contributed by atoms with Crippen LogP contribution in [0.4, 0.5) is 4.39 Å². The van der Waals surface area contributed by atoms with Crippen molar-refractivity contribution in [3.63, 3.8) is 0 Å². The Morgan fingerprint density at radius 3 is 2.93 bits per heavy atom. The number of nitrogens with zero attached hydrogens (tertiary/aromatic N) is 1. The van der Waals surface area contributed by atoms with Gasteiger partial charge in [-0.15, -0.1) is 0 Å². The largest absolute Gasteiger partial charge is 0.298 e. The number of nitriles is 1. The summed E-state index contributed by atoms with van der Waals surface area (Å²) < 4.78 is 13.3. The molecule has 0 N–H and O–H groups in total. The summed E-state index contributed by atoms with van der Waals surface area (Å²) >= 11 is 0. The van der Waals surface area contributed by atoms with Crippen LogP contribution in [-0.2, 0) is 0 Å². The minimum atomic E-state index is -0.632. The van der Waals surface area contributed by atoms with E-state index in [2.05, 4.69) is 11.8 Å². The van der Waals surface area contributed by atoms with Crippen molar-refractivity contribution < 1.29 is 9.18 Å². The molecule has 14 heavy (non-hydrogen) atoms. The lowest BCUT2D eigenvalue weighted by molar-refractivity contribution is 0.112. The van der Waals surface area contributed by atoms with E-state index in [9.17, 15) is 9.18 Å². The second-order valence-electron chi connectivity index (χ2n) is 2.46. The molecular formula is C11H6FNO. The Hall–Kier alpha value is -2.13. The molecule has 0 fully saturated rings. The van der Waals surface area contributed by atoms with Crippen molar-refractivity contribution in [3.8, 4) is 17.9 Å². The van der Waals surface area contributed by atoms with E-state index in [1.165, 1.54) is 12.1 Å². The summed E-state index contributed by atoms with van der Waals surface area (Å²) in [5.74, 6) is 4.33. The van der Waals surface area contributed by atoms with Crippen molar-refractivity contribution in [1.29, 1.82) is 5.26 Å². The van der Waals surface area contributed by atoms with Crippen molar-refractivity contribution in [3.05, 3.63) is 35.1 Å². The van der Waals surface area contributed by atoms with E-state index >= 15 is 0 Å². The Balaban J connectivity index is 3.07. The van der Waals surface area contributed by atoms with Crippen LogP contribution in [0.2, 0.25) is 0 Å². The third kappa shape index (κ3) is 2.18. The summed E-state index contributed by atoms with van der Waals surface area (Å²) in [6, 6.07) is 6.20. The molecule has 0 aliphatic carbocycles. The molecule has 0 saturated carbocycles. The molecule has 0 amide bonds. The molecule has 0 bridgehead atoms. The standard InChI is InChI=1S/C11H6FNO/c12-11-9(4-1-2-7-13)5-3-6-10(11)8-14/h3,5-6,8H,2H2. The van der Waals surface area contributed by atoms with Crippen LogP contribution in [0, 0.1) is 29.0 Å². The quantitative estimate of drug-likeness (QED) is 0.497. The molecule has 1 aromatic carbocycles. The molecule has 0 heterocycles. The molecule has 0 aliphatic rings. The van der Waals surface area contributed by atoms with Gasteiger partial charge < -0.3 is 0 Å². The summed E-state index contributed by atoms with van der Waals surface area (Å²) in [7, 11) is 0. The number of carbonyl (C=O) groups is 1. The molecule has 3 heteroatoms. The van der Waals surface area contributed by atoms with Gasteiger partial charge in [0.05, 0.1) is 23.6 Å². The first-order valence-corrected chi connectivity index (χ1v) is 3.89. The van der Waals surface area contributed by atoms with Crippen molar-refractivity contribution in [2.75, 3.05) is 0 Å². The summed E-state index contributed by atoms with van der Waals surface area (Å²) in [5, 5.41) is 8.21. The number of hydrogen-bond acceptors (Lipinski definition) is 2. The molecule has 1 aromatic rings.